The molecule has 2 N–H and O–H groups in total. The van der Waals surface area contributed by atoms with Crippen molar-refractivity contribution in [1.29, 1.82) is 5.26 Å². The first-order chi connectivity index (χ1) is 12.5. The number of hydrogen-bond donors (Lipinski definition) is 2. The van der Waals surface area contributed by atoms with E-state index in [1.807, 2.05) is 26.0 Å². The summed E-state index contributed by atoms with van der Waals surface area (Å²) in [7, 11) is 0. The molecule has 1 aliphatic rings. The number of aliphatic hydroxyl groups is 1. The number of nitrogens with one attached hydrogen (secondary N) is 1. The number of hydrogen-bond acceptors (Lipinski definition) is 6. The maximum Gasteiger partial charge on any atom is 0.251 e. The number of pyridine rings is 1. The Kier molecular flexibility index (Phi) is 5.40. The third kappa shape index (κ3) is 3.64. The van der Waals surface area contributed by atoms with Crippen LogP contribution in [-0.2, 0) is 9.53 Å². The van der Waals surface area contributed by atoms with Crippen molar-refractivity contribution in [1.82, 2.24) is 14.9 Å². The zero-order valence-electron chi connectivity index (χ0n) is 14.9. The van der Waals surface area contributed by atoms with Crippen molar-refractivity contribution in [2.75, 3.05) is 24.5 Å². The van der Waals surface area contributed by atoms with E-state index in [9.17, 15) is 15.2 Å². The van der Waals surface area contributed by atoms with E-state index in [1.165, 1.54) is 0 Å². The fourth-order valence-electron chi connectivity index (χ4n) is 3.12. The first kappa shape index (κ1) is 18.2. The monoisotopic (exact) mass is 357 g/mol. The quantitative estimate of drug-likeness (QED) is 0.816. The molecule has 138 valence electrons. The van der Waals surface area contributed by atoms with Crippen LogP contribution in [0.1, 0.15) is 26.0 Å². The van der Waals surface area contributed by atoms with Gasteiger partial charge in [-0.25, -0.2) is 4.52 Å². The first-order valence-corrected chi connectivity index (χ1v) is 8.76. The van der Waals surface area contributed by atoms with Crippen LogP contribution >= 0.6 is 0 Å². The summed E-state index contributed by atoms with van der Waals surface area (Å²) in [6.07, 6.45) is 0.926. The number of carbonyl (C=O) groups excluding carboxylic acids is 1. The Hall–Kier alpha value is -2.63. The van der Waals surface area contributed by atoms with Gasteiger partial charge < -0.3 is 20.1 Å². The lowest BCUT2D eigenvalue weighted by Crippen LogP contribution is -2.53. The highest BCUT2D eigenvalue weighted by Crippen LogP contribution is 2.26. The van der Waals surface area contributed by atoms with Crippen LogP contribution in [0.5, 0.6) is 0 Å². The Labute approximate surface area is 152 Å². The number of rotatable bonds is 5. The molecule has 0 aromatic carbocycles. The number of aromatic nitrogens is 2. The first-order valence-electron chi connectivity index (χ1n) is 8.76. The average Bonchev–Trinajstić information content (AvgIpc) is 3.14. The van der Waals surface area contributed by atoms with Crippen LogP contribution in [0.15, 0.2) is 24.4 Å². The molecule has 1 unspecified atom stereocenters. The van der Waals surface area contributed by atoms with Crippen molar-refractivity contribution in [3.8, 4) is 6.07 Å². The molecular weight excluding hydrogens is 334 g/mol. The average molecular weight is 357 g/mol. The molecule has 2 aromatic rings. The van der Waals surface area contributed by atoms with E-state index in [2.05, 4.69) is 21.4 Å². The lowest BCUT2D eigenvalue weighted by atomic mass is 10.1. The van der Waals surface area contributed by atoms with Gasteiger partial charge in [-0.2, -0.15) is 10.4 Å². The molecule has 1 aliphatic heterocycles. The van der Waals surface area contributed by atoms with Crippen LogP contribution in [-0.4, -0.2) is 58.6 Å². The van der Waals surface area contributed by atoms with Gasteiger partial charge in [-0.05, 0) is 31.5 Å². The maximum atomic E-state index is 12.4. The highest BCUT2D eigenvalue weighted by Gasteiger charge is 2.31. The second kappa shape index (κ2) is 7.72. The Morgan fingerprint density at radius 2 is 2.31 bits per heavy atom. The zero-order valence-corrected chi connectivity index (χ0v) is 14.9. The normalized spacial score (nSPS) is 21.4. The number of aliphatic hydroxyl groups excluding tert-OH is 1. The molecule has 8 nitrogen and oxygen atoms in total. The van der Waals surface area contributed by atoms with Crippen molar-refractivity contribution in [2.24, 2.45) is 0 Å². The summed E-state index contributed by atoms with van der Waals surface area (Å²) >= 11 is 0. The van der Waals surface area contributed by atoms with Crippen LogP contribution in [0, 0.1) is 11.3 Å². The number of carbonyl (C=O) groups is 1. The largest absolute Gasteiger partial charge is 0.391 e. The van der Waals surface area contributed by atoms with Crippen molar-refractivity contribution in [3.63, 3.8) is 0 Å². The third-order valence-electron chi connectivity index (χ3n) is 4.52. The van der Waals surface area contributed by atoms with E-state index in [0.29, 0.717) is 25.2 Å². The van der Waals surface area contributed by atoms with Crippen LogP contribution < -0.4 is 10.2 Å². The fourth-order valence-corrected chi connectivity index (χ4v) is 3.12. The second-order valence-electron chi connectivity index (χ2n) is 6.49. The van der Waals surface area contributed by atoms with E-state index < -0.39 is 12.2 Å². The molecule has 1 saturated heterocycles. The van der Waals surface area contributed by atoms with Gasteiger partial charge in [-0.3, -0.25) is 4.79 Å². The molecule has 1 fully saturated rings. The van der Waals surface area contributed by atoms with E-state index in [1.54, 1.807) is 16.8 Å². The number of nitriles is 1. The van der Waals surface area contributed by atoms with Gasteiger partial charge in [0.2, 0.25) is 0 Å². The number of nitrogens with zero attached hydrogens (tertiary/aromatic N) is 4. The molecule has 0 bridgehead atoms. The number of morpholine rings is 1. The van der Waals surface area contributed by atoms with Crippen LogP contribution in [0.4, 0.5) is 5.69 Å². The van der Waals surface area contributed by atoms with Gasteiger partial charge in [0.05, 0.1) is 36.2 Å². The molecule has 0 radical (unpaired) electrons. The molecule has 0 aliphatic carbocycles. The highest BCUT2D eigenvalue weighted by atomic mass is 16.5. The summed E-state index contributed by atoms with van der Waals surface area (Å²) in [5.41, 5.74) is 2.18. The topological polar surface area (TPSA) is 103 Å². The van der Waals surface area contributed by atoms with Gasteiger partial charge >= 0.3 is 0 Å². The third-order valence-corrected chi connectivity index (χ3v) is 4.52. The van der Waals surface area contributed by atoms with Gasteiger partial charge in [0, 0.05) is 13.1 Å². The van der Waals surface area contributed by atoms with Gasteiger partial charge in [0.15, 0.2) is 6.10 Å². The SMILES string of the molecule is CCC(O)CNC(=O)[C@H]1CN(c2ccc(C#N)n3nccc23)C[C@@H](C)O1. The highest BCUT2D eigenvalue weighted by molar-refractivity contribution is 5.82. The van der Waals surface area contributed by atoms with Crippen LogP contribution in [0.2, 0.25) is 0 Å². The molecule has 3 heterocycles. The summed E-state index contributed by atoms with van der Waals surface area (Å²) in [5.74, 6) is -0.229. The standard InChI is InChI=1S/C18H23N5O3/c1-3-14(24)9-20-18(25)17-11-22(10-12(2)26-17)15-5-4-13(8-19)23-16(15)6-7-21-23/h4-7,12,14,17,24H,3,9-11H2,1-2H3,(H,20,25)/t12-,14?,17-/m1/s1. The Balaban J connectivity index is 1.80. The molecule has 3 atom stereocenters. The van der Waals surface area contributed by atoms with E-state index in [4.69, 9.17) is 4.74 Å². The Morgan fingerprint density at radius 3 is 3.04 bits per heavy atom. The predicted molar refractivity (Wildman–Crippen MR) is 95.8 cm³/mol. The van der Waals surface area contributed by atoms with E-state index in [-0.39, 0.29) is 18.6 Å². The fraction of sp³-hybridized carbons (Fsp3) is 0.500. The molecular formula is C18H23N5O3. The van der Waals surface area contributed by atoms with Crippen molar-refractivity contribution >= 4 is 17.1 Å². The summed E-state index contributed by atoms with van der Waals surface area (Å²) in [6, 6.07) is 7.58. The molecule has 0 saturated carbocycles. The van der Waals surface area contributed by atoms with E-state index in [0.717, 1.165) is 11.2 Å². The number of amides is 1. The lowest BCUT2D eigenvalue weighted by molar-refractivity contribution is -0.137. The minimum Gasteiger partial charge on any atom is -0.391 e. The predicted octanol–water partition coefficient (Wildman–Crippen LogP) is 0.687. The smallest absolute Gasteiger partial charge is 0.251 e. The molecule has 26 heavy (non-hydrogen) atoms. The van der Waals surface area contributed by atoms with Gasteiger partial charge in [0.25, 0.3) is 5.91 Å². The molecule has 2 aromatic heterocycles. The van der Waals surface area contributed by atoms with Gasteiger partial charge in [0.1, 0.15) is 11.8 Å². The maximum absolute atomic E-state index is 12.4. The summed E-state index contributed by atoms with van der Waals surface area (Å²) < 4.78 is 7.39. The molecule has 3 rings (SSSR count). The summed E-state index contributed by atoms with van der Waals surface area (Å²) in [4.78, 5) is 14.5. The Morgan fingerprint density at radius 1 is 1.50 bits per heavy atom. The lowest BCUT2D eigenvalue weighted by Gasteiger charge is -2.37. The van der Waals surface area contributed by atoms with Crippen LogP contribution in [0.25, 0.3) is 5.52 Å². The minimum atomic E-state index is -0.624. The molecule has 1 amide bonds. The summed E-state index contributed by atoms with van der Waals surface area (Å²) in [6.45, 7) is 5.02. The van der Waals surface area contributed by atoms with Crippen molar-refractivity contribution in [2.45, 2.75) is 38.6 Å². The number of fused-ring (bicyclic) bond motifs is 1. The van der Waals surface area contributed by atoms with Gasteiger partial charge in [-0.15, -0.1) is 0 Å². The zero-order chi connectivity index (χ0) is 18.7. The Bertz CT molecular complexity index is 828. The van der Waals surface area contributed by atoms with Crippen LogP contribution in [0.3, 0.4) is 0 Å². The minimum absolute atomic E-state index is 0.130. The molecule has 8 heteroatoms. The molecule has 0 spiro atoms. The van der Waals surface area contributed by atoms with Crippen molar-refractivity contribution in [3.05, 3.63) is 30.1 Å². The second-order valence-corrected chi connectivity index (χ2v) is 6.49. The van der Waals surface area contributed by atoms with Crippen molar-refractivity contribution < 1.29 is 14.6 Å². The number of ether oxygens (including phenoxy) is 1. The van der Waals surface area contributed by atoms with Gasteiger partial charge in [-0.1, -0.05) is 6.92 Å². The summed E-state index contributed by atoms with van der Waals surface area (Å²) in [5, 5.41) is 25.8. The number of anilines is 1. The van der Waals surface area contributed by atoms with E-state index >= 15 is 0 Å².